The minimum Gasteiger partial charge on any atom is -0.399 e. The monoisotopic (exact) mass is 220 g/mol. The van der Waals surface area contributed by atoms with Crippen LogP contribution in [0.3, 0.4) is 0 Å². The summed E-state index contributed by atoms with van der Waals surface area (Å²) in [6, 6.07) is 9.26. The average molecular weight is 220 g/mol. The minimum atomic E-state index is 0.434. The molecule has 0 aliphatic carbocycles. The van der Waals surface area contributed by atoms with Gasteiger partial charge in [-0.2, -0.15) is 0 Å². The fourth-order valence-electron chi connectivity index (χ4n) is 2.21. The zero-order valence-corrected chi connectivity index (χ0v) is 10.9. The number of nitrogen functional groups attached to an aromatic ring is 1. The van der Waals surface area contributed by atoms with Crippen molar-refractivity contribution in [3.05, 3.63) is 29.8 Å². The van der Waals surface area contributed by atoms with Gasteiger partial charge in [-0.1, -0.05) is 26.0 Å². The highest BCUT2D eigenvalue weighted by atomic mass is 15.2. The summed E-state index contributed by atoms with van der Waals surface area (Å²) in [7, 11) is 0. The summed E-state index contributed by atoms with van der Waals surface area (Å²) in [6.07, 6.45) is 1.18. The van der Waals surface area contributed by atoms with Crippen molar-refractivity contribution in [1.82, 2.24) is 4.90 Å². The summed E-state index contributed by atoms with van der Waals surface area (Å²) < 4.78 is 0. The van der Waals surface area contributed by atoms with E-state index in [2.05, 4.69) is 44.7 Å². The number of nitrogens with zero attached hydrogens (tertiary/aromatic N) is 1. The lowest BCUT2D eigenvalue weighted by atomic mass is 10.0. The third-order valence-electron chi connectivity index (χ3n) is 3.41. The van der Waals surface area contributed by atoms with Crippen molar-refractivity contribution in [3.8, 4) is 0 Å². The van der Waals surface area contributed by atoms with Crippen LogP contribution in [0.4, 0.5) is 5.69 Å². The summed E-state index contributed by atoms with van der Waals surface area (Å²) in [6.45, 7) is 10.1. The predicted molar refractivity (Wildman–Crippen MR) is 71.4 cm³/mol. The molecule has 2 heteroatoms. The Morgan fingerprint density at radius 3 is 2.44 bits per heavy atom. The molecule has 2 nitrogen and oxygen atoms in total. The van der Waals surface area contributed by atoms with E-state index in [0.717, 1.165) is 12.2 Å². The molecule has 0 radical (unpaired) electrons. The van der Waals surface area contributed by atoms with Gasteiger partial charge in [0.15, 0.2) is 0 Å². The molecule has 2 unspecified atom stereocenters. The van der Waals surface area contributed by atoms with Crippen molar-refractivity contribution < 1.29 is 0 Å². The van der Waals surface area contributed by atoms with E-state index in [9.17, 15) is 0 Å². The van der Waals surface area contributed by atoms with E-state index >= 15 is 0 Å². The summed E-state index contributed by atoms with van der Waals surface area (Å²) in [5.74, 6) is 0. The Morgan fingerprint density at radius 1 is 1.25 bits per heavy atom. The Morgan fingerprint density at radius 2 is 1.94 bits per heavy atom. The number of rotatable bonds is 5. The predicted octanol–water partition coefficient (Wildman–Crippen LogP) is 3.45. The first-order valence-electron chi connectivity index (χ1n) is 6.21. The molecule has 2 N–H and O–H groups in total. The number of nitrogens with two attached hydrogens (primary N) is 1. The molecule has 90 valence electrons. The van der Waals surface area contributed by atoms with Gasteiger partial charge in [0.05, 0.1) is 0 Å². The molecule has 2 atom stereocenters. The van der Waals surface area contributed by atoms with Crippen LogP contribution in [0.2, 0.25) is 0 Å². The largest absolute Gasteiger partial charge is 0.399 e. The second-order valence-electron chi connectivity index (χ2n) is 4.43. The normalized spacial score (nSPS) is 15.1. The molecule has 1 rings (SSSR count). The van der Waals surface area contributed by atoms with Gasteiger partial charge in [-0.3, -0.25) is 4.90 Å². The molecule has 1 aromatic carbocycles. The molecule has 0 saturated heterocycles. The van der Waals surface area contributed by atoms with Crippen LogP contribution in [0.15, 0.2) is 24.3 Å². The average Bonchev–Trinajstić information content (AvgIpc) is 2.29. The SMILES string of the molecule is CCC(C)N(CC)C(C)c1cccc(N)c1. The molecule has 0 aliphatic heterocycles. The fraction of sp³-hybridized carbons (Fsp3) is 0.571. The molecule has 0 amide bonds. The molecule has 0 aliphatic rings. The summed E-state index contributed by atoms with van der Waals surface area (Å²) in [5, 5.41) is 0. The summed E-state index contributed by atoms with van der Waals surface area (Å²) >= 11 is 0. The van der Waals surface area contributed by atoms with Gasteiger partial charge in [-0.05, 0) is 44.5 Å². The maximum absolute atomic E-state index is 5.83. The van der Waals surface area contributed by atoms with Crippen molar-refractivity contribution in [2.24, 2.45) is 0 Å². The lowest BCUT2D eigenvalue weighted by Crippen LogP contribution is -2.34. The first-order valence-corrected chi connectivity index (χ1v) is 6.21. The third-order valence-corrected chi connectivity index (χ3v) is 3.41. The van der Waals surface area contributed by atoms with E-state index in [4.69, 9.17) is 5.73 Å². The van der Waals surface area contributed by atoms with E-state index in [-0.39, 0.29) is 0 Å². The van der Waals surface area contributed by atoms with Crippen molar-refractivity contribution in [3.63, 3.8) is 0 Å². The molecule has 0 saturated carbocycles. The second-order valence-corrected chi connectivity index (χ2v) is 4.43. The van der Waals surface area contributed by atoms with E-state index < -0.39 is 0 Å². The quantitative estimate of drug-likeness (QED) is 0.770. The van der Waals surface area contributed by atoms with Gasteiger partial charge in [-0.15, -0.1) is 0 Å². The minimum absolute atomic E-state index is 0.434. The van der Waals surface area contributed by atoms with E-state index in [1.165, 1.54) is 12.0 Å². The topological polar surface area (TPSA) is 29.3 Å². The van der Waals surface area contributed by atoms with Crippen LogP contribution in [0.5, 0.6) is 0 Å². The molecule has 16 heavy (non-hydrogen) atoms. The van der Waals surface area contributed by atoms with Crippen LogP contribution in [0.1, 0.15) is 45.7 Å². The van der Waals surface area contributed by atoms with Gasteiger partial charge in [0.1, 0.15) is 0 Å². The summed E-state index contributed by atoms with van der Waals surface area (Å²) in [4.78, 5) is 2.51. The van der Waals surface area contributed by atoms with Gasteiger partial charge in [0.2, 0.25) is 0 Å². The lowest BCUT2D eigenvalue weighted by molar-refractivity contribution is 0.159. The van der Waals surface area contributed by atoms with Gasteiger partial charge < -0.3 is 5.73 Å². The van der Waals surface area contributed by atoms with Crippen molar-refractivity contribution >= 4 is 5.69 Å². The summed E-state index contributed by atoms with van der Waals surface area (Å²) in [5.41, 5.74) is 7.99. The van der Waals surface area contributed by atoms with Crippen molar-refractivity contribution in [2.75, 3.05) is 12.3 Å². The van der Waals surface area contributed by atoms with Gasteiger partial charge in [0.25, 0.3) is 0 Å². The number of anilines is 1. The zero-order chi connectivity index (χ0) is 12.1. The van der Waals surface area contributed by atoms with Crippen LogP contribution < -0.4 is 5.73 Å². The lowest BCUT2D eigenvalue weighted by Gasteiger charge is -2.33. The highest BCUT2D eigenvalue weighted by Crippen LogP contribution is 2.24. The number of hydrogen-bond acceptors (Lipinski definition) is 2. The van der Waals surface area contributed by atoms with Crippen LogP contribution in [0, 0.1) is 0 Å². The van der Waals surface area contributed by atoms with E-state index in [1.807, 2.05) is 12.1 Å². The van der Waals surface area contributed by atoms with E-state index in [0.29, 0.717) is 12.1 Å². The first kappa shape index (κ1) is 13.0. The van der Waals surface area contributed by atoms with Gasteiger partial charge in [0, 0.05) is 17.8 Å². The zero-order valence-electron chi connectivity index (χ0n) is 10.9. The molecule has 0 fully saturated rings. The Labute approximate surface area is 99.5 Å². The van der Waals surface area contributed by atoms with Crippen molar-refractivity contribution in [2.45, 2.75) is 46.2 Å². The van der Waals surface area contributed by atoms with Gasteiger partial charge >= 0.3 is 0 Å². The van der Waals surface area contributed by atoms with Crippen molar-refractivity contribution in [1.29, 1.82) is 0 Å². The fourth-order valence-corrected chi connectivity index (χ4v) is 2.21. The Bertz CT molecular complexity index is 322. The van der Waals surface area contributed by atoms with Crippen LogP contribution in [-0.2, 0) is 0 Å². The Hall–Kier alpha value is -1.02. The molecule has 0 aromatic heterocycles. The first-order chi connectivity index (χ1) is 7.60. The standard InChI is InChI=1S/C14H24N2/c1-5-11(3)16(6-2)12(4)13-8-7-9-14(15)10-13/h7-12H,5-6,15H2,1-4H3. The molecule has 0 bridgehead atoms. The molecular formula is C14H24N2. The van der Waals surface area contributed by atoms with Crippen LogP contribution in [-0.4, -0.2) is 17.5 Å². The smallest absolute Gasteiger partial charge is 0.0323 e. The molecular weight excluding hydrogens is 196 g/mol. The third kappa shape index (κ3) is 2.99. The van der Waals surface area contributed by atoms with Gasteiger partial charge in [-0.25, -0.2) is 0 Å². The van der Waals surface area contributed by atoms with Crippen LogP contribution in [0.25, 0.3) is 0 Å². The maximum atomic E-state index is 5.83. The number of benzene rings is 1. The van der Waals surface area contributed by atoms with E-state index in [1.54, 1.807) is 0 Å². The second kappa shape index (κ2) is 5.90. The van der Waals surface area contributed by atoms with Crippen LogP contribution >= 0.6 is 0 Å². The molecule has 0 heterocycles. The molecule has 0 spiro atoms. The Kier molecular flexibility index (Phi) is 4.81. The number of hydrogen-bond donors (Lipinski definition) is 1. The maximum Gasteiger partial charge on any atom is 0.0323 e. The highest BCUT2D eigenvalue weighted by Gasteiger charge is 2.18. The highest BCUT2D eigenvalue weighted by molar-refractivity contribution is 5.41. The Balaban J connectivity index is 2.86. The molecule has 1 aromatic rings.